The lowest BCUT2D eigenvalue weighted by atomic mass is 10.00. The molecule has 0 radical (unpaired) electrons. The van der Waals surface area contributed by atoms with Crippen molar-refractivity contribution < 1.29 is 9.53 Å². The third-order valence-electron chi connectivity index (χ3n) is 6.50. The molecule has 0 aliphatic heterocycles. The Balaban J connectivity index is 1.19. The maximum atomic E-state index is 12.5. The Morgan fingerprint density at radius 1 is 0.842 bits per heavy atom. The molecule has 0 bridgehead atoms. The summed E-state index contributed by atoms with van der Waals surface area (Å²) >= 11 is 1.56. The lowest BCUT2D eigenvalue weighted by Crippen LogP contribution is -2.27. The molecule has 3 unspecified atom stereocenters. The summed E-state index contributed by atoms with van der Waals surface area (Å²) in [7, 11) is 1.70. The smallest absolute Gasteiger partial charge is 0.232 e. The number of methoxy groups -OCH3 is 1. The van der Waals surface area contributed by atoms with Crippen molar-refractivity contribution in [2.45, 2.75) is 57.6 Å². The molecule has 0 aliphatic rings. The molecule has 198 valence electrons. The predicted molar refractivity (Wildman–Crippen MR) is 151 cm³/mol. The number of benzene rings is 2. The van der Waals surface area contributed by atoms with Gasteiger partial charge >= 0.3 is 0 Å². The topological polar surface area (TPSA) is 102 Å². The van der Waals surface area contributed by atoms with Crippen molar-refractivity contribution in [3.05, 3.63) is 94.6 Å². The van der Waals surface area contributed by atoms with E-state index >= 15 is 0 Å². The first-order chi connectivity index (χ1) is 18.5. The van der Waals surface area contributed by atoms with E-state index in [1.165, 1.54) is 5.56 Å². The van der Waals surface area contributed by atoms with E-state index in [4.69, 9.17) is 4.74 Å². The van der Waals surface area contributed by atoms with E-state index < -0.39 is 0 Å². The van der Waals surface area contributed by atoms with Crippen LogP contribution in [-0.4, -0.2) is 39.6 Å². The summed E-state index contributed by atoms with van der Waals surface area (Å²) in [6.07, 6.45) is 3.40. The minimum atomic E-state index is -0.263. The van der Waals surface area contributed by atoms with E-state index in [9.17, 15) is 4.79 Å². The lowest BCUT2D eigenvalue weighted by Gasteiger charge is -2.23. The first kappa shape index (κ1) is 27.3. The van der Waals surface area contributed by atoms with E-state index in [1.54, 1.807) is 18.4 Å². The molecule has 0 fully saturated rings. The number of carbonyl (C=O) groups is 1. The zero-order valence-corrected chi connectivity index (χ0v) is 22.8. The van der Waals surface area contributed by atoms with Gasteiger partial charge < -0.3 is 15.4 Å². The van der Waals surface area contributed by atoms with E-state index in [1.807, 2.05) is 67.6 Å². The SMILES string of the molecule is COC(Nc1nnc(CCCCc2ccc(NC(=O)C(C)c3ccccc3)nn2)s1)C(C)c1ccccc1. The third-order valence-corrected chi connectivity index (χ3v) is 7.42. The van der Waals surface area contributed by atoms with Gasteiger partial charge in [-0.25, -0.2) is 0 Å². The Labute approximate surface area is 227 Å². The fourth-order valence-corrected chi connectivity index (χ4v) is 4.93. The average molecular weight is 531 g/mol. The minimum absolute atomic E-state index is 0.101. The summed E-state index contributed by atoms with van der Waals surface area (Å²) in [5.74, 6) is 0.268. The van der Waals surface area contributed by atoms with Crippen LogP contribution in [-0.2, 0) is 22.4 Å². The van der Waals surface area contributed by atoms with Crippen molar-refractivity contribution >= 4 is 28.2 Å². The Hall–Kier alpha value is -3.69. The quantitative estimate of drug-likeness (QED) is 0.166. The summed E-state index contributed by atoms with van der Waals surface area (Å²) in [4.78, 5) is 12.5. The maximum Gasteiger partial charge on any atom is 0.232 e. The van der Waals surface area contributed by atoms with Crippen molar-refractivity contribution in [1.82, 2.24) is 20.4 Å². The number of ether oxygens (including phenoxy) is 1. The molecule has 1 amide bonds. The molecule has 0 aliphatic carbocycles. The molecule has 4 aromatic rings. The molecule has 4 rings (SSSR count). The number of hydrogen-bond donors (Lipinski definition) is 2. The van der Waals surface area contributed by atoms with Crippen LogP contribution in [0, 0.1) is 0 Å². The number of hydrogen-bond acceptors (Lipinski definition) is 8. The Kier molecular flexibility index (Phi) is 9.89. The van der Waals surface area contributed by atoms with Gasteiger partial charge in [-0.3, -0.25) is 4.79 Å². The van der Waals surface area contributed by atoms with Gasteiger partial charge in [-0.1, -0.05) is 78.9 Å². The van der Waals surface area contributed by atoms with Gasteiger partial charge in [0.1, 0.15) is 11.2 Å². The highest BCUT2D eigenvalue weighted by atomic mass is 32.1. The van der Waals surface area contributed by atoms with Gasteiger partial charge in [0.15, 0.2) is 5.82 Å². The molecule has 2 aromatic carbocycles. The number of nitrogens with one attached hydrogen (secondary N) is 2. The maximum absolute atomic E-state index is 12.5. The van der Waals surface area contributed by atoms with Gasteiger partial charge in [0.2, 0.25) is 11.0 Å². The largest absolute Gasteiger partial charge is 0.361 e. The molecular weight excluding hydrogens is 496 g/mol. The molecule has 9 heteroatoms. The van der Waals surface area contributed by atoms with Gasteiger partial charge in [0, 0.05) is 19.4 Å². The fourth-order valence-electron chi connectivity index (χ4n) is 4.12. The molecule has 3 atom stereocenters. The molecule has 2 aromatic heterocycles. The molecular formula is C29H34N6O2S. The Bertz CT molecular complexity index is 1270. The second-order valence-electron chi connectivity index (χ2n) is 9.24. The number of anilines is 2. The monoisotopic (exact) mass is 530 g/mol. The standard InChI is InChI=1S/C29H34N6O2S/c1-20(22-12-6-4-7-13-22)27(36)30-25-19-18-24(32-33-25)16-10-11-17-26-34-35-29(38-26)31-28(37-3)21(2)23-14-8-5-9-15-23/h4-9,12-15,18-21,28H,10-11,16-17H2,1-3H3,(H,31,35)(H,30,33,36). The van der Waals surface area contributed by atoms with E-state index in [2.05, 4.69) is 50.1 Å². The van der Waals surface area contributed by atoms with Crippen LogP contribution in [0.4, 0.5) is 10.9 Å². The highest BCUT2D eigenvalue weighted by Crippen LogP contribution is 2.25. The normalized spacial score (nSPS) is 13.4. The summed E-state index contributed by atoms with van der Waals surface area (Å²) < 4.78 is 5.68. The van der Waals surface area contributed by atoms with Crippen LogP contribution < -0.4 is 10.6 Å². The van der Waals surface area contributed by atoms with E-state index in [-0.39, 0.29) is 24.0 Å². The number of unbranched alkanes of at least 4 members (excludes halogenated alkanes) is 1. The molecule has 0 saturated carbocycles. The summed E-state index contributed by atoms with van der Waals surface area (Å²) in [5, 5.41) is 25.1. The highest BCUT2D eigenvalue weighted by molar-refractivity contribution is 7.15. The number of carbonyl (C=O) groups excluding carboxylic acids is 1. The first-order valence-electron chi connectivity index (χ1n) is 12.9. The number of aromatic nitrogens is 4. The number of amides is 1. The van der Waals surface area contributed by atoms with E-state index in [0.717, 1.165) is 47.1 Å². The molecule has 0 spiro atoms. The Morgan fingerprint density at radius 3 is 2.18 bits per heavy atom. The first-order valence-corrected chi connectivity index (χ1v) is 13.7. The van der Waals surface area contributed by atoms with Crippen LogP contribution in [0.3, 0.4) is 0 Å². The van der Waals surface area contributed by atoms with Gasteiger partial charge in [0.25, 0.3) is 0 Å². The predicted octanol–water partition coefficient (Wildman–Crippen LogP) is 5.82. The van der Waals surface area contributed by atoms with Crippen molar-refractivity contribution in [3.8, 4) is 0 Å². The summed E-state index contributed by atoms with van der Waals surface area (Å²) in [6.45, 7) is 4.01. The molecule has 38 heavy (non-hydrogen) atoms. The van der Waals surface area contributed by atoms with Crippen molar-refractivity contribution in [2.24, 2.45) is 0 Å². The molecule has 8 nitrogen and oxygen atoms in total. The van der Waals surface area contributed by atoms with Gasteiger partial charge in [-0.2, -0.15) is 5.10 Å². The van der Waals surface area contributed by atoms with Crippen molar-refractivity contribution in [1.29, 1.82) is 0 Å². The second kappa shape index (κ2) is 13.7. The number of rotatable bonds is 13. The molecule has 0 saturated heterocycles. The van der Waals surface area contributed by atoms with E-state index in [0.29, 0.717) is 5.82 Å². The van der Waals surface area contributed by atoms with Gasteiger partial charge in [-0.15, -0.1) is 15.3 Å². The Morgan fingerprint density at radius 2 is 1.53 bits per heavy atom. The molecule has 2 N–H and O–H groups in total. The van der Waals surface area contributed by atoms with Crippen molar-refractivity contribution in [3.63, 3.8) is 0 Å². The van der Waals surface area contributed by atoms with Gasteiger partial charge in [-0.05, 0) is 49.4 Å². The zero-order chi connectivity index (χ0) is 26.7. The van der Waals surface area contributed by atoms with Crippen LogP contribution in [0.5, 0.6) is 0 Å². The van der Waals surface area contributed by atoms with Crippen LogP contribution in [0.2, 0.25) is 0 Å². The van der Waals surface area contributed by atoms with Crippen LogP contribution in [0.1, 0.15) is 60.4 Å². The fraction of sp³-hybridized carbons (Fsp3) is 0.345. The van der Waals surface area contributed by atoms with Crippen molar-refractivity contribution in [2.75, 3.05) is 17.7 Å². The molecule has 2 heterocycles. The summed E-state index contributed by atoms with van der Waals surface area (Å²) in [6, 6.07) is 23.7. The van der Waals surface area contributed by atoms with Gasteiger partial charge in [0.05, 0.1) is 11.6 Å². The van der Waals surface area contributed by atoms with Crippen LogP contribution in [0.25, 0.3) is 0 Å². The lowest BCUT2D eigenvalue weighted by molar-refractivity contribution is -0.117. The number of nitrogens with zero attached hydrogens (tertiary/aromatic N) is 4. The summed E-state index contributed by atoms with van der Waals surface area (Å²) in [5.41, 5.74) is 3.07. The van der Waals surface area contributed by atoms with Crippen LogP contribution in [0.15, 0.2) is 72.8 Å². The average Bonchev–Trinajstić information content (AvgIpc) is 3.42. The van der Waals surface area contributed by atoms with Crippen LogP contribution >= 0.6 is 11.3 Å². The minimum Gasteiger partial charge on any atom is -0.361 e. The zero-order valence-electron chi connectivity index (χ0n) is 22.0. The highest BCUT2D eigenvalue weighted by Gasteiger charge is 2.20. The third kappa shape index (κ3) is 7.66. The number of aryl methyl sites for hydroxylation is 2. The second-order valence-corrected chi connectivity index (χ2v) is 10.3.